The summed E-state index contributed by atoms with van der Waals surface area (Å²) in [6.07, 6.45) is 3.05. The number of unbranched alkanes of at least 4 members (excludes halogenated alkanes) is 2. The highest BCUT2D eigenvalue weighted by atomic mass is 16.2. The molecule has 0 saturated heterocycles. The lowest BCUT2D eigenvalue weighted by Gasteiger charge is -2.13. The van der Waals surface area contributed by atoms with Crippen LogP contribution in [0.5, 0.6) is 0 Å². The fourth-order valence-electron chi connectivity index (χ4n) is 1.17. The molecule has 8 heteroatoms. The topological polar surface area (TPSA) is 103 Å². The molecule has 0 saturated carbocycles. The number of nitrogens with one attached hydrogen (secondary N) is 2. The van der Waals surface area contributed by atoms with E-state index in [1.807, 2.05) is 0 Å². The van der Waals surface area contributed by atoms with Crippen LogP contribution in [0.4, 0.5) is 0 Å². The van der Waals surface area contributed by atoms with Crippen LogP contribution in [0.25, 0.3) is 0 Å². The standard InChI is InChI=1S/C8H22B2N4O2/c1-9(15)13-8(14-10(2)16)12-7-5-3-4-6-11/h15-16H,3-7,11H2,1-2H3,(H2,12,13,14). The predicted molar refractivity (Wildman–Crippen MR) is 69.2 cm³/mol. The van der Waals surface area contributed by atoms with Crippen LogP contribution in [0.2, 0.25) is 13.6 Å². The highest BCUT2D eigenvalue weighted by molar-refractivity contribution is 6.52. The number of hydrogen-bond donors (Lipinski definition) is 5. The van der Waals surface area contributed by atoms with Crippen molar-refractivity contribution in [1.82, 2.24) is 10.5 Å². The fraction of sp³-hybridized carbons (Fsp3) is 0.875. The molecule has 0 aliphatic carbocycles. The molecule has 16 heavy (non-hydrogen) atoms. The van der Waals surface area contributed by atoms with Crippen LogP contribution in [0, 0.1) is 0 Å². The summed E-state index contributed by atoms with van der Waals surface area (Å²) in [4.78, 5) is 3.90. The highest BCUT2D eigenvalue weighted by Crippen LogP contribution is 1.91. The molecule has 6 nitrogen and oxygen atoms in total. The molecule has 0 bridgehead atoms. The van der Waals surface area contributed by atoms with Gasteiger partial charge in [0.05, 0.1) is 0 Å². The lowest BCUT2D eigenvalue weighted by molar-refractivity contribution is 0.568. The Morgan fingerprint density at radius 3 is 2.44 bits per heavy atom. The normalized spacial score (nSPS) is 11.2. The first kappa shape index (κ1) is 15.3. The third-order valence-corrected chi connectivity index (χ3v) is 1.83. The average molecular weight is 228 g/mol. The molecular weight excluding hydrogens is 206 g/mol. The first-order chi connectivity index (χ1) is 7.56. The van der Waals surface area contributed by atoms with E-state index in [1.165, 1.54) is 0 Å². The van der Waals surface area contributed by atoms with Crippen LogP contribution in [0.1, 0.15) is 19.3 Å². The molecule has 0 atom stereocenters. The second kappa shape index (κ2) is 9.50. The summed E-state index contributed by atoms with van der Waals surface area (Å²) in [5.41, 5.74) is 5.38. The molecule has 0 fully saturated rings. The zero-order valence-electron chi connectivity index (χ0n) is 10.1. The molecule has 0 rings (SSSR count). The first-order valence-electron chi connectivity index (χ1n) is 5.70. The second-order valence-electron chi connectivity index (χ2n) is 3.71. The van der Waals surface area contributed by atoms with Gasteiger partial charge in [0.2, 0.25) is 0 Å². The summed E-state index contributed by atoms with van der Waals surface area (Å²) in [6, 6.07) is 0. The van der Waals surface area contributed by atoms with Crippen molar-refractivity contribution < 1.29 is 10.0 Å². The van der Waals surface area contributed by atoms with E-state index >= 15 is 0 Å². The molecular formula is C8H22B2N4O2. The van der Waals surface area contributed by atoms with E-state index in [1.54, 1.807) is 13.6 Å². The van der Waals surface area contributed by atoms with Crippen molar-refractivity contribution in [3.05, 3.63) is 0 Å². The maximum absolute atomic E-state index is 9.15. The maximum Gasteiger partial charge on any atom is 0.431 e. The van der Waals surface area contributed by atoms with Gasteiger partial charge in [-0.2, -0.15) is 0 Å². The summed E-state index contributed by atoms with van der Waals surface area (Å²) in [5.74, 6) is 0.415. The lowest BCUT2D eigenvalue weighted by atomic mass is 9.88. The minimum absolute atomic E-state index is 0.415. The minimum Gasteiger partial charge on any atom is -0.433 e. The van der Waals surface area contributed by atoms with Gasteiger partial charge in [0.1, 0.15) is 0 Å². The Labute approximate surface area is 98.0 Å². The van der Waals surface area contributed by atoms with Crippen molar-refractivity contribution in [2.24, 2.45) is 10.6 Å². The molecule has 0 aromatic heterocycles. The lowest BCUT2D eigenvalue weighted by Crippen LogP contribution is -2.46. The van der Waals surface area contributed by atoms with E-state index in [4.69, 9.17) is 15.8 Å². The molecule has 0 aliphatic rings. The van der Waals surface area contributed by atoms with Crippen LogP contribution in [0.3, 0.4) is 0 Å². The molecule has 0 spiro atoms. The first-order valence-corrected chi connectivity index (χ1v) is 5.70. The summed E-state index contributed by atoms with van der Waals surface area (Å²) >= 11 is 0. The number of nitrogens with two attached hydrogens (primary N) is 1. The van der Waals surface area contributed by atoms with Gasteiger partial charge >= 0.3 is 14.1 Å². The van der Waals surface area contributed by atoms with Crippen molar-refractivity contribution in [2.45, 2.75) is 32.9 Å². The molecule has 0 amide bonds. The number of rotatable bonds is 7. The monoisotopic (exact) mass is 228 g/mol. The fourth-order valence-corrected chi connectivity index (χ4v) is 1.17. The third-order valence-electron chi connectivity index (χ3n) is 1.83. The van der Waals surface area contributed by atoms with Gasteiger partial charge in [0.15, 0.2) is 5.96 Å². The highest BCUT2D eigenvalue weighted by Gasteiger charge is 2.08. The Bertz CT molecular complexity index is 202. The molecule has 0 aliphatic heterocycles. The van der Waals surface area contributed by atoms with Crippen LogP contribution >= 0.6 is 0 Å². The molecule has 0 aromatic rings. The Hall–Kier alpha value is -0.720. The summed E-state index contributed by atoms with van der Waals surface area (Å²) < 4.78 is 0. The summed E-state index contributed by atoms with van der Waals surface area (Å²) in [6.45, 7) is 4.60. The van der Waals surface area contributed by atoms with Crippen molar-refractivity contribution in [1.29, 1.82) is 0 Å². The van der Waals surface area contributed by atoms with E-state index in [2.05, 4.69) is 15.4 Å². The van der Waals surface area contributed by atoms with Gasteiger partial charge in [0.25, 0.3) is 0 Å². The van der Waals surface area contributed by atoms with Gasteiger partial charge in [-0.15, -0.1) is 0 Å². The Morgan fingerprint density at radius 1 is 1.25 bits per heavy atom. The molecule has 0 radical (unpaired) electrons. The van der Waals surface area contributed by atoms with Crippen molar-refractivity contribution >= 4 is 20.1 Å². The zero-order chi connectivity index (χ0) is 12.4. The largest absolute Gasteiger partial charge is 0.433 e. The van der Waals surface area contributed by atoms with Gasteiger partial charge in [-0.25, -0.2) is 0 Å². The quantitative estimate of drug-likeness (QED) is 0.164. The Balaban J connectivity index is 3.84. The van der Waals surface area contributed by atoms with Crippen molar-refractivity contribution in [3.8, 4) is 0 Å². The number of hydrogen-bond acceptors (Lipinski definition) is 4. The maximum atomic E-state index is 9.15. The van der Waals surface area contributed by atoms with Gasteiger partial charge in [-0.1, -0.05) is 6.42 Å². The van der Waals surface area contributed by atoms with Crippen molar-refractivity contribution in [2.75, 3.05) is 13.1 Å². The summed E-state index contributed by atoms with van der Waals surface area (Å²) in [5, 5.41) is 24.0. The summed E-state index contributed by atoms with van der Waals surface area (Å²) in [7, 11) is -1.49. The third kappa shape index (κ3) is 9.82. The molecule has 0 unspecified atom stereocenters. The Morgan fingerprint density at radius 2 is 1.94 bits per heavy atom. The van der Waals surface area contributed by atoms with Gasteiger partial charge in [-0.3, -0.25) is 4.90 Å². The van der Waals surface area contributed by atoms with Crippen molar-refractivity contribution in [3.63, 3.8) is 0 Å². The minimum atomic E-state index is -0.794. The van der Waals surface area contributed by atoms with Gasteiger partial charge in [0, 0.05) is 6.54 Å². The van der Waals surface area contributed by atoms with Gasteiger partial charge in [-0.05, 0) is 33.0 Å². The van der Waals surface area contributed by atoms with Crippen LogP contribution in [-0.4, -0.2) is 43.2 Å². The number of nitrogens with zero attached hydrogens (tertiary/aromatic N) is 1. The van der Waals surface area contributed by atoms with Gasteiger partial charge < -0.3 is 26.3 Å². The van der Waals surface area contributed by atoms with Crippen LogP contribution in [-0.2, 0) is 0 Å². The van der Waals surface area contributed by atoms with E-state index in [9.17, 15) is 0 Å². The smallest absolute Gasteiger partial charge is 0.431 e. The zero-order valence-corrected chi connectivity index (χ0v) is 10.1. The van der Waals surface area contributed by atoms with E-state index in [0.29, 0.717) is 12.5 Å². The molecule has 6 N–H and O–H groups in total. The van der Waals surface area contributed by atoms with Crippen LogP contribution < -0.4 is 16.3 Å². The van der Waals surface area contributed by atoms with Crippen LogP contribution in [0.15, 0.2) is 4.90 Å². The second-order valence-corrected chi connectivity index (χ2v) is 3.71. The molecule has 0 aromatic carbocycles. The molecule has 92 valence electrons. The predicted octanol–water partition coefficient (Wildman–Crippen LogP) is -1.13. The average Bonchev–Trinajstić information content (AvgIpc) is 2.15. The van der Waals surface area contributed by atoms with E-state index in [0.717, 1.165) is 25.8 Å². The van der Waals surface area contributed by atoms with E-state index < -0.39 is 14.1 Å². The Kier molecular flexibility index (Phi) is 9.07. The van der Waals surface area contributed by atoms with E-state index in [-0.39, 0.29) is 0 Å². The SMILES string of the molecule is CB(O)N=C(NCCCCCN)NB(C)O. The number of guanidine groups is 1. The molecule has 0 heterocycles.